The maximum Gasteiger partial charge on any atom is 0.251 e. The highest BCUT2D eigenvalue weighted by molar-refractivity contribution is 5.95. The molecule has 0 fully saturated rings. The number of ether oxygens (including phenoxy) is 4. The van der Waals surface area contributed by atoms with E-state index in [0.29, 0.717) is 30.2 Å². The van der Waals surface area contributed by atoms with E-state index >= 15 is 0 Å². The van der Waals surface area contributed by atoms with Crippen LogP contribution in [0, 0.1) is 0 Å². The molecule has 0 radical (unpaired) electrons. The van der Waals surface area contributed by atoms with Crippen LogP contribution in [-0.2, 0) is 6.54 Å². The van der Waals surface area contributed by atoms with Gasteiger partial charge >= 0.3 is 0 Å². The van der Waals surface area contributed by atoms with E-state index in [4.69, 9.17) is 23.9 Å². The van der Waals surface area contributed by atoms with Crippen molar-refractivity contribution < 1.29 is 23.7 Å². The number of hydrogen-bond donors (Lipinski definition) is 1. The molecule has 4 rings (SSSR count). The van der Waals surface area contributed by atoms with E-state index in [1.165, 1.54) is 7.11 Å². The molecule has 1 N–H and O–H groups in total. The number of carbonyl (C=O) groups is 1. The largest absolute Gasteiger partial charge is 0.497 e. The minimum atomic E-state index is -0.347. The van der Waals surface area contributed by atoms with Gasteiger partial charge in [0, 0.05) is 11.6 Å². The van der Waals surface area contributed by atoms with Crippen LogP contribution in [0.25, 0.3) is 11.0 Å². The molecule has 35 heavy (non-hydrogen) atoms. The Balaban J connectivity index is 1.53. The summed E-state index contributed by atoms with van der Waals surface area (Å²) in [5, 5.41) is 3.05. The monoisotopic (exact) mass is 475 g/mol. The van der Waals surface area contributed by atoms with E-state index in [1.54, 1.807) is 32.4 Å². The number of methoxy groups -OCH3 is 3. The van der Waals surface area contributed by atoms with Crippen LogP contribution in [0.1, 0.15) is 29.1 Å². The Labute approximate surface area is 204 Å². The van der Waals surface area contributed by atoms with Crippen LogP contribution in [0.3, 0.4) is 0 Å². The number of fused-ring (bicyclic) bond motifs is 1. The lowest BCUT2D eigenvalue weighted by molar-refractivity contribution is 0.0937. The number of amides is 1. The summed E-state index contributed by atoms with van der Waals surface area (Å²) < 4.78 is 23.9. The van der Waals surface area contributed by atoms with Crippen molar-refractivity contribution in [2.45, 2.75) is 19.5 Å². The molecule has 1 atom stereocenters. The molecule has 0 bridgehead atoms. The summed E-state index contributed by atoms with van der Waals surface area (Å²) in [5.41, 5.74) is 2.30. The van der Waals surface area contributed by atoms with Gasteiger partial charge in [-0.15, -0.1) is 0 Å². The van der Waals surface area contributed by atoms with E-state index in [-0.39, 0.29) is 11.9 Å². The first kappa shape index (κ1) is 23.9. The number of aromatic nitrogens is 2. The lowest BCUT2D eigenvalue weighted by atomic mass is 10.1. The number of hydrogen-bond acceptors (Lipinski definition) is 6. The van der Waals surface area contributed by atoms with Crippen molar-refractivity contribution >= 4 is 16.9 Å². The van der Waals surface area contributed by atoms with Crippen molar-refractivity contribution in [3.05, 3.63) is 78.1 Å². The van der Waals surface area contributed by atoms with Crippen molar-refractivity contribution in [2.75, 3.05) is 27.9 Å². The minimum Gasteiger partial charge on any atom is -0.497 e. The molecule has 0 aliphatic rings. The van der Waals surface area contributed by atoms with Gasteiger partial charge in [0.1, 0.15) is 23.9 Å². The SMILES string of the molecule is COc1cccc(OCCn2c(C(C)NC(=O)c3ccc(OC)c(OC)c3)nc3ccccc32)c1. The molecule has 1 aromatic heterocycles. The molecule has 4 aromatic rings. The van der Waals surface area contributed by atoms with Crippen LogP contribution in [-0.4, -0.2) is 43.4 Å². The second-order valence-electron chi connectivity index (χ2n) is 7.90. The van der Waals surface area contributed by atoms with Crippen molar-refractivity contribution in [3.8, 4) is 23.0 Å². The van der Waals surface area contributed by atoms with Gasteiger partial charge in [0.05, 0.1) is 44.9 Å². The summed E-state index contributed by atoms with van der Waals surface area (Å²) in [4.78, 5) is 17.8. The number of nitrogens with zero attached hydrogens (tertiary/aromatic N) is 2. The first-order chi connectivity index (χ1) is 17.0. The van der Waals surface area contributed by atoms with Gasteiger partial charge in [0.15, 0.2) is 11.5 Å². The minimum absolute atomic E-state index is 0.232. The molecule has 0 spiro atoms. The quantitative estimate of drug-likeness (QED) is 0.360. The van der Waals surface area contributed by atoms with Gasteiger partial charge in [0.25, 0.3) is 5.91 Å². The van der Waals surface area contributed by atoms with Gasteiger partial charge in [0.2, 0.25) is 0 Å². The van der Waals surface area contributed by atoms with E-state index in [2.05, 4.69) is 9.88 Å². The van der Waals surface area contributed by atoms with Gasteiger partial charge in [-0.1, -0.05) is 18.2 Å². The number of benzene rings is 3. The van der Waals surface area contributed by atoms with Crippen LogP contribution in [0.15, 0.2) is 66.7 Å². The third-order valence-corrected chi connectivity index (χ3v) is 5.69. The molecule has 0 saturated heterocycles. The van der Waals surface area contributed by atoms with Crippen molar-refractivity contribution in [1.29, 1.82) is 0 Å². The summed E-state index contributed by atoms with van der Waals surface area (Å²) in [5.74, 6) is 3.04. The molecular weight excluding hydrogens is 446 g/mol. The fraction of sp³-hybridized carbons (Fsp3) is 0.259. The molecular formula is C27H29N3O5. The Kier molecular flexibility index (Phi) is 7.40. The first-order valence-electron chi connectivity index (χ1n) is 11.3. The third-order valence-electron chi connectivity index (χ3n) is 5.69. The zero-order valence-corrected chi connectivity index (χ0v) is 20.3. The average Bonchev–Trinajstić information content (AvgIpc) is 3.27. The van der Waals surface area contributed by atoms with Gasteiger partial charge in [-0.05, 0) is 49.4 Å². The highest BCUT2D eigenvalue weighted by Crippen LogP contribution is 2.28. The van der Waals surface area contributed by atoms with Gasteiger partial charge in [-0.2, -0.15) is 0 Å². The Morgan fingerprint density at radius 3 is 2.46 bits per heavy atom. The highest BCUT2D eigenvalue weighted by atomic mass is 16.5. The fourth-order valence-electron chi connectivity index (χ4n) is 3.93. The maximum absolute atomic E-state index is 13.0. The van der Waals surface area contributed by atoms with Crippen molar-refractivity contribution in [3.63, 3.8) is 0 Å². The summed E-state index contributed by atoms with van der Waals surface area (Å²) in [6, 6.07) is 20.1. The Morgan fingerprint density at radius 2 is 1.69 bits per heavy atom. The molecule has 0 aliphatic carbocycles. The molecule has 0 aliphatic heterocycles. The Bertz CT molecular complexity index is 1320. The van der Waals surface area contributed by atoms with Gasteiger partial charge in [-0.25, -0.2) is 4.98 Å². The van der Waals surface area contributed by atoms with Gasteiger partial charge in [-0.3, -0.25) is 4.79 Å². The second kappa shape index (κ2) is 10.8. The fourth-order valence-corrected chi connectivity index (χ4v) is 3.93. The maximum atomic E-state index is 13.0. The number of para-hydroxylation sites is 2. The zero-order chi connectivity index (χ0) is 24.8. The van der Waals surface area contributed by atoms with Crippen LogP contribution in [0.2, 0.25) is 0 Å². The number of nitrogens with one attached hydrogen (secondary N) is 1. The standard InChI is InChI=1S/C27H29N3O5/c1-18(28-27(31)19-12-13-24(33-3)25(16-19)34-4)26-29-22-10-5-6-11-23(22)30(26)14-15-35-21-9-7-8-20(17-21)32-2/h5-13,16-18H,14-15H2,1-4H3,(H,28,31). The normalized spacial score (nSPS) is 11.7. The lowest BCUT2D eigenvalue weighted by Gasteiger charge is -2.17. The van der Waals surface area contributed by atoms with Gasteiger partial charge < -0.3 is 28.8 Å². The van der Waals surface area contributed by atoms with E-state index in [0.717, 1.165) is 28.4 Å². The molecule has 0 saturated carbocycles. The summed E-state index contributed by atoms with van der Waals surface area (Å²) in [6.45, 7) is 2.90. The molecule has 1 unspecified atom stereocenters. The smallest absolute Gasteiger partial charge is 0.251 e. The predicted octanol–water partition coefficient (Wildman–Crippen LogP) is 4.63. The van der Waals surface area contributed by atoms with Crippen LogP contribution >= 0.6 is 0 Å². The average molecular weight is 476 g/mol. The van der Waals surface area contributed by atoms with E-state index < -0.39 is 0 Å². The first-order valence-corrected chi connectivity index (χ1v) is 11.3. The third kappa shape index (κ3) is 5.32. The number of rotatable bonds is 10. The van der Waals surface area contributed by atoms with Crippen LogP contribution < -0.4 is 24.3 Å². The number of imidazole rings is 1. The Hall–Kier alpha value is -4.20. The van der Waals surface area contributed by atoms with Crippen LogP contribution in [0.4, 0.5) is 0 Å². The molecule has 8 heteroatoms. The molecule has 3 aromatic carbocycles. The Morgan fingerprint density at radius 1 is 0.914 bits per heavy atom. The molecule has 1 heterocycles. The zero-order valence-electron chi connectivity index (χ0n) is 20.3. The van der Waals surface area contributed by atoms with E-state index in [9.17, 15) is 4.79 Å². The topological polar surface area (TPSA) is 83.8 Å². The van der Waals surface area contributed by atoms with Crippen molar-refractivity contribution in [2.24, 2.45) is 0 Å². The molecule has 1 amide bonds. The summed E-state index contributed by atoms with van der Waals surface area (Å²) in [6.07, 6.45) is 0. The summed E-state index contributed by atoms with van der Waals surface area (Å²) >= 11 is 0. The predicted molar refractivity (Wildman–Crippen MR) is 134 cm³/mol. The second-order valence-corrected chi connectivity index (χ2v) is 7.90. The molecule has 182 valence electrons. The van der Waals surface area contributed by atoms with Crippen molar-refractivity contribution in [1.82, 2.24) is 14.9 Å². The molecule has 8 nitrogen and oxygen atoms in total. The number of carbonyl (C=O) groups excluding carboxylic acids is 1. The lowest BCUT2D eigenvalue weighted by Crippen LogP contribution is -2.29. The van der Waals surface area contributed by atoms with E-state index in [1.807, 2.05) is 55.5 Å². The summed E-state index contributed by atoms with van der Waals surface area (Å²) in [7, 11) is 4.72. The van der Waals surface area contributed by atoms with Crippen LogP contribution in [0.5, 0.6) is 23.0 Å². The highest BCUT2D eigenvalue weighted by Gasteiger charge is 2.20.